The predicted molar refractivity (Wildman–Crippen MR) is 57.3 cm³/mol. The van der Waals surface area contributed by atoms with Crippen LogP contribution in [0.5, 0.6) is 0 Å². The van der Waals surface area contributed by atoms with Crippen LogP contribution in [0.2, 0.25) is 5.02 Å². The summed E-state index contributed by atoms with van der Waals surface area (Å²) in [6.07, 6.45) is 0. The molecule has 0 bridgehead atoms. The highest BCUT2D eigenvalue weighted by atomic mass is 35.5. The van der Waals surface area contributed by atoms with Crippen molar-refractivity contribution in [2.75, 3.05) is 6.61 Å². The minimum absolute atomic E-state index is 0.367. The monoisotopic (exact) mass is 279 g/mol. The van der Waals surface area contributed by atoms with Crippen LogP contribution in [-0.4, -0.2) is 34.7 Å². The molecule has 0 aliphatic heterocycles. The van der Waals surface area contributed by atoms with Gasteiger partial charge in [0.1, 0.15) is 0 Å². The van der Waals surface area contributed by atoms with Crippen LogP contribution in [0.4, 0.5) is 8.78 Å². The lowest BCUT2D eigenvalue weighted by Gasteiger charge is -2.12. The predicted octanol–water partition coefficient (Wildman–Crippen LogP) is 0.794. The molecule has 0 fully saturated rings. The van der Waals surface area contributed by atoms with Gasteiger partial charge in [-0.25, -0.2) is 13.6 Å². The van der Waals surface area contributed by atoms with Crippen molar-refractivity contribution in [3.05, 3.63) is 34.4 Å². The van der Waals surface area contributed by atoms with Gasteiger partial charge in [-0.1, -0.05) is 11.6 Å². The number of benzene rings is 1. The number of aliphatic carboxylic acids is 1. The van der Waals surface area contributed by atoms with E-state index in [0.29, 0.717) is 12.1 Å². The van der Waals surface area contributed by atoms with Crippen molar-refractivity contribution in [1.29, 1.82) is 0 Å². The largest absolute Gasteiger partial charge is 0.480 e. The van der Waals surface area contributed by atoms with E-state index in [2.05, 4.69) is 0 Å². The Morgan fingerprint density at radius 2 is 1.89 bits per heavy atom. The van der Waals surface area contributed by atoms with E-state index in [0.717, 1.165) is 0 Å². The molecule has 98 valence electrons. The summed E-state index contributed by atoms with van der Waals surface area (Å²) < 4.78 is 25.7. The van der Waals surface area contributed by atoms with E-state index in [-0.39, 0.29) is 5.02 Å². The molecule has 0 aromatic heterocycles. The van der Waals surface area contributed by atoms with Gasteiger partial charge in [0, 0.05) is 0 Å². The standard InChI is InChI=1S/C10H8ClF2NO4/c11-5-2-7(13)6(12)1-4(5)9(16)14-8(3-15)10(17)18/h1-2,8,15H,3H2,(H,14,16)(H,17,18)/t8-/m0/s1. The van der Waals surface area contributed by atoms with Gasteiger partial charge in [-0.05, 0) is 12.1 Å². The molecule has 1 amide bonds. The molecule has 1 rings (SSSR count). The Kier molecular flexibility index (Phi) is 4.57. The third-order valence-electron chi connectivity index (χ3n) is 2.04. The lowest BCUT2D eigenvalue weighted by atomic mass is 10.2. The minimum Gasteiger partial charge on any atom is -0.480 e. The minimum atomic E-state index is -1.55. The molecule has 0 spiro atoms. The molecule has 0 radical (unpaired) electrons. The number of halogens is 3. The van der Waals surface area contributed by atoms with Gasteiger partial charge in [0.15, 0.2) is 17.7 Å². The third-order valence-corrected chi connectivity index (χ3v) is 2.35. The van der Waals surface area contributed by atoms with E-state index in [1.54, 1.807) is 0 Å². The second-order valence-corrected chi connectivity index (χ2v) is 3.70. The van der Waals surface area contributed by atoms with Crippen molar-refractivity contribution in [3.8, 4) is 0 Å². The van der Waals surface area contributed by atoms with Crippen LogP contribution in [0.25, 0.3) is 0 Å². The van der Waals surface area contributed by atoms with Gasteiger partial charge >= 0.3 is 5.97 Å². The highest BCUT2D eigenvalue weighted by molar-refractivity contribution is 6.33. The fourth-order valence-electron chi connectivity index (χ4n) is 1.12. The van der Waals surface area contributed by atoms with Crippen LogP contribution in [0.3, 0.4) is 0 Å². The maximum absolute atomic E-state index is 12.9. The van der Waals surface area contributed by atoms with Crippen molar-refractivity contribution in [2.45, 2.75) is 6.04 Å². The fourth-order valence-corrected chi connectivity index (χ4v) is 1.35. The van der Waals surface area contributed by atoms with Gasteiger partial charge in [-0.2, -0.15) is 0 Å². The quantitative estimate of drug-likeness (QED) is 0.711. The van der Waals surface area contributed by atoms with Gasteiger partial charge in [-0.15, -0.1) is 0 Å². The van der Waals surface area contributed by atoms with Gasteiger partial charge in [0.05, 0.1) is 17.2 Å². The van der Waals surface area contributed by atoms with E-state index in [1.807, 2.05) is 5.32 Å². The summed E-state index contributed by atoms with van der Waals surface area (Å²) in [6, 6.07) is -0.411. The van der Waals surface area contributed by atoms with Crippen LogP contribution >= 0.6 is 11.6 Å². The van der Waals surface area contributed by atoms with Crippen LogP contribution in [-0.2, 0) is 4.79 Å². The summed E-state index contributed by atoms with van der Waals surface area (Å²) in [4.78, 5) is 22.1. The summed E-state index contributed by atoms with van der Waals surface area (Å²) >= 11 is 5.53. The van der Waals surface area contributed by atoms with E-state index in [9.17, 15) is 18.4 Å². The second kappa shape index (κ2) is 5.74. The number of hydrogen-bond acceptors (Lipinski definition) is 3. The SMILES string of the molecule is O=C(N[C@@H](CO)C(=O)O)c1cc(F)c(F)cc1Cl. The molecule has 0 saturated heterocycles. The number of nitrogens with one attached hydrogen (secondary N) is 1. The molecule has 0 heterocycles. The zero-order chi connectivity index (χ0) is 13.9. The van der Waals surface area contributed by atoms with Crippen LogP contribution in [0, 0.1) is 11.6 Å². The first kappa shape index (κ1) is 14.3. The summed E-state index contributed by atoms with van der Waals surface area (Å²) in [7, 11) is 0. The van der Waals surface area contributed by atoms with E-state index < -0.39 is 41.7 Å². The summed E-state index contributed by atoms with van der Waals surface area (Å²) in [5.41, 5.74) is -0.421. The Hall–Kier alpha value is -1.73. The summed E-state index contributed by atoms with van der Waals surface area (Å²) in [6.45, 7) is -0.845. The van der Waals surface area contributed by atoms with Crippen molar-refractivity contribution in [2.24, 2.45) is 0 Å². The van der Waals surface area contributed by atoms with E-state index in [1.165, 1.54) is 0 Å². The third kappa shape index (κ3) is 3.14. The van der Waals surface area contributed by atoms with Gasteiger partial charge in [0.25, 0.3) is 5.91 Å². The Labute approximate surface area is 105 Å². The summed E-state index contributed by atoms with van der Waals surface area (Å²) in [5, 5.41) is 18.8. The molecule has 3 N–H and O–H groups in total. The Bertz CT molecular complexity index is 495. The molecule has 0 aliphatic carbocycles. The molecule has 0 aliphatic rings. The number of amides is 1. The number of carbonyl (C=O) groups is 2. The molecule has 1 atom stereocenters. The fraction of sp³-hybridized carbons (Fsp3) is 0.200. The molecule has 8 heteroatoms. The Balaban J connectivity index is 2.97. The smallest absolute Gasteiger partial charge is 0.328 e. The molecule has 18 heavy (non-hydrogen) atoms. The molecule has 1 aromatic rings. The van der Waals surface area contributed by atoms with Gasteiger partial charge in [-0.3, -0.25) is 4.79 Å². The first-order valence-corrected chi connectivity index (χ1v) is 5.03. The normalized spacial score (nSPS) is 12.0. The van der Waals surface area contributed by atoms with E-state index in [4.69, 9.17) is 21.8 Å². The van der Waals surface area contributed by atoms with Gasteiger partial charge < -0.3 is 15.5 Å². The van der Waals surface area contributed by atoms with Crippen LogP contribution in [0.1, 0.15) is 10.4 Å². The first-order valence-electron chi connectivity index (χ1n) is 4.66. The number of rotatable bonds is 4. The van der Waals surface area contributed by atoms with Crippen molar-refractivity contribution in [1.82, 2.24) is 5.32 Å². The topological polar surface area (TPSA) is 86.6 Å². The lowest BCUT2D eigenvalue weighted by molar-refractivity contribution is -0.140. The maximum Gasteiger partial charge on any atom is 0.328 e. The molecule has 0 unspecified atom stereocenters. The van der Waals surface area contributed by atoms with Crippen LogP contribution in [0.15, 0.2) is 12.1 Å². The molecular formula is C10H8ClF2NO4. The number of aliphatic hydroxyl groups excluding tert-OH is 1. The van der Waals surface area contributed by atoms with Crippen molar-refractivity contribution >= 4 is 23.5 Å². The number of carbonyl (C=O) groups excluding carboxylic acids is 1. The maximum atomic E-state index is 12.9. The number of hydrogen-bond donors (Lipinski definition) is 3. The number of carboxylic acids is 1. The van der Waals surface area contributed by atoms with E-state index >= 15 is 0 Å². The van der Waals surface area contributed by atoms with Crippen molar-refractivity contribution < 1.29 is 28.6 Å². The number of aliphatic hydroxyl groups is 1. The average Bonchev–Trinajstić information content (AvgIpc) is 2.29. The molecule has 0 saturated carbocycles. The van der Waals surface area contributed by atoms with Gasteiger partial charge in [0.2, 0.25) is 0 Å². The first-order chi connectivity index (χ1) is 8.36. The zero-order valence-electron chi connectivity index (χ0n) is 8.78. The lowest BCUT2D eigenvalue weighted by Crippen LogP contribution is -2.43. The zero-order valence-corrected chi connectivity index (χ0v) is 9.54. The Morgan fingerprint density at radius 3 is 2.39 bits per heavy atom. The Morgan fingerprint density at radius 1 is 1.33 bits per heavy atom. The highest BCUT2D eigenvalue weighted by Crippen LogP contribution is 2.20. The highest BCUT2D eigenvalue weighted by Gasteiger charge is 2.22. The molecule has 5 nitrogen and oxygen atoms in total. The average molecular weight is 280 g/mol. The molecular weight excluding hydrogens is 272 g/mol. The molecule has 1 aromatic carbocycles. The summed E-state index contributed by atoms with van der Waals surface area (Å²) in [5.74, 6) is -5.01. The van der Waals surface area contributed by atoms with Crippen molar-refractivity contribution in [3.63, 3.8) is 0 Å². The van der Waals surface area contributed by atoms with Crippen LogP contribution < -0.4 is 5.32 Å². The second-order valence-electron chi connectivity index (χ2n) is 3.29. The number of carboxylic acid groups (broad SMARTS) is 1.